The van der Waals surface area contributed by atoms with E-state index in [1.807, 2.05) is 19.1 Å². The monoisotopic (exact) mass is 288 g/mol. The van der Waals surface area contributed by atoms with Gasteiger partial charge in [-0.15, -0.1) is 0 Å². The highest BCUT2D eigenvalue weighted by Crippen LogP contribution is 2.48. The van der Waals surface area contributed by atoms with Crippen LogP contribution >= 0.6 is 0 Å². The normalized spacial score (nSPS) is 30.1. The van der Waals surface area contributed by atoms with Crippen molar-refractivity contribution in [2.45, 2.75) is 51.6 Å². The zero-order chi connectivity index (χ0) is 15.0. The summed E-state index contributed by atoms with van der Waals surface area (Å²) in [6, 6.07) is 7.29. The summed E-state index contributed by atoms with van der Waals surface area (Å²) < 4.78 is 5.58. The Kier molecular flexibility index (Phi) is 3.78. The van der Waals surface area contributed by atoms with E-state index in [0.717, 1.165) is 17.9 Å². The molecule has 0 radical (unpaired) electrons. The van der Waals surface area contributed by atoms with Crippen LogP contribution in [0.5, 0.6) is 5.75 Å². The third kappa shape index (κ3) is 2.84. The van der Waals surface area contributed by atoms with Gasteiger partial charge in [0.05, 0.1) is 11.5 Å². The van der Waals surface area contributed by atoms with Crippen molar-refractivity contribution in [1.29, 1.82) is 0 Å². The first kappa shape index (κ1) is 14.6. The molecule has 1 N–H and O–H groups in total. The summed E-state index contributed by atoms with van der Waals surface area (Å²) in [6.45, 7) is 3.72. The number of benzene rings is 1. The topological polar surface area (TPSA) is 46.5 Å². The van der Waals surface area contributed by atoms with Crippen molar-refractivity contribution in [2.24, 2.45) is 17.8 Å². The number of carbonyl (C=O) groups excluding carboxylic acids is 1. The molecule has 0 aliphatic heterocycles. The SMILES string of the molecule is CCC(C)(O)c1cccc(OC(=O)C2CC3CCC2C3)c1. The first-order valence-corrected chi connectivity index (χ1v) is 8.04. The van der Waals surface area contributed by atoms with E-state index >= 15 is 0 Å². The Morgan fingerprint density at radius 3 is 2.81 bits per heavy atom. The lowest BCUT2D eigenvalue weighted by atomic mass is 9.89. The van der Waals surface area contributed by atoms with Gasteiger partial charge >= 0.3 is 5.97 Å². The summed E-state index contributed by atoms with van der Waals surface area (Å²) in [5.74, 6) is 1.81. The molecule has 21 heavy (non-hydrogen) atoms. The van der Waals surface area contributed by atoms with Crippen LogP contribution < -0.4 is 4.74 Å². The van der Waals surface area contributed by atoms with E-state index in [1.54, 1.807) is 19.1 Å². The molecule has 2 bridgehead atoms. The maximum Gasteiger partial charge on any atom is 0.314 e. The lowest BCUT2D eigenvalue weighted by molar-refractivity contribution is -0.140. The Hall–Kier alpha value is -1.35. The number of carbonyl (C=O) groups is 1. The molecule has 2 aliphatic carbocycles. The zero-order valence-corrected chi connectivity index (χ0v) is 12.8. The van der Waals surface area contributed by atoms with Crippen molar-refractivity contribution in [3.8, 4) is 5.75 Å². The smallest absolute Gasteiger partial charge is 0.314 e. The summed E-state index contributed by atoms with van der Waals surface area (Å²) in [5, 5.41) is 10.3. The van der Waals surface area contributed by atoms with Gasteiger partial charge in [0, 0.05) is 0 Å². The molecule has 2 saturated carbocycles. The van der Waals surface area contributed by atoms with Crippen LogP contribution in [0.2, 0.25) is 0 Å². The number of ether oxygens (including phenoxy) is 1. The van der Waals surface area contributed by atoms with Crippen molar-refractivity contribution >= 4 is 5.97 Å². The van der Waals surface area contributed by atoms with E-state index in [0.29, 0.717) is 18.1 Å². The fraction of sp³-hybridized carbons (Fsp3) is 0.611. The molecule has 3 nitrogen and oxygen atoms in total. The van der Waals surface area contributed by atoms with Gasteiger partial charge in [-0.3, -0.25) is 4.79 Å². The van der Waals surface area contributed by atoms with Gasteiger partial charge in [-0.25, -0.2) is 0 Å². The van der Waals surface area contributed by atoms with Gasteiger partial charge < -0.3 is 9.84 Å². The van der Waals surface area contributed by atoms with Crippen LogP contribution in [0.4, 0.5) is 0 Å². The Morgan fingerprint density at radius 2 is 2.19 bits per heavy atom. The number of rotatable bonds is 4. The van der Waals surface area contributed by atoms with Gasteiger partial charge in [0.1, 0.15) is 5.75 Å². The lowest BCUT2D eigenvalue weighted by Gasteiger charge is -2.23. The zero-order valence-electron chi connectivity index (χ0n) is 12.8. The molecule has 0 saturated heterocycles. The van der Waals surface area contributed by atoms with Crippen molar-refractivity contribution < 1.29 is 14.6 Å². The maximum atomic E-state index is 12.4. The summed E-state index contributed by atoms with van der Waals surface area (Å²) in [5.41, 5.74) is -0.0854. The van der Waals surface area contributed by atoms with Crippen LogP contribution in [0.15, 0.2) is 24.3 Å². The van der Waals surface area contributed by atoms with Gasteiger partial charge in [-0.2, -0.15) is 0 Å². The molecule has 4 atom stereocenters. The number of aliphatic hydroxyl groups is 1. The number of hydrogen-bond acceptors (Lipinski definition) is 3. The van der Waals surface area contributed by atoms with E-state index in [4.69, 9.17) is 4.74 Å². The molecule has 2 fully saturated rings. The van der Waals surface area contributed by atoms with Gasteiger partial charge in [0.15, 0.2) is 0 Å². The fourth-order valence-corrected chi connectivity index (χ4v) is 3.82. The highest BCUT2D eigenvalue weighted by Gasteiger charge is 2.44. The minimum absolute atomic E-state index is 0.0825. The third-order valence-corrected chi connectivity index (χ3v) is 5.40. The molecule has 114 valence electrons. The Labute approximate surface area is 126 Å². The second-order valence-corrected chi connectivity index (χ2v) is 6.86. The first-order chi connectivity index (χ1) is 9.99. The van der Waals surface area contributed by atoms with E-state index in [9.17, 15) is 9.90 Å². The molecule has 4 unspecified atom stereocenters. The van der Waals surface area contributed by atoms with Gasteiger partial charge in [0.2, 0.25) is 0 Å². The van der Waals surface area contributed by atoms with Crippen molar-refractivity contribution in [2.75, 3.05) is 0 Å². The van der Waals surface area contributed by atoms with Crippen LogP contribution in [0.25, 0.3) is 0 Å². The van der Waals surface area contributed by atoms with E-state index in [2.05, 4.69) is 0 Å². The largest absolute Gasteiger partial charge is 0.426 e. The lowest BCUT2D eigenvalue weighted by Crippen LogP contribution is -2.25. The maximum absolute atomic E-state index is 12.4. The summed E-state index contributed by atoms with van der Waals surface area (Å²) in [4.78, 5) is 12.4. The molecule has 0 amide bonds. The van der Waals surface area contributed by atoms with Gasteiger partial charge in [0.25, 0.3) is 0 Å². The van der Waals surface area contributed by atoms with Gasteiger partial charge in [-0.1, -0.05) is 25.5 Å². The number of fused-ring (bicyclic) bond motifs is 2. The average molecular weight is 288 g/mol. The summed E-state index contributed by atoms with van der Waals surface area (Å²) >= 11 is 0. The van der Waals surface area contributed by atoms with Crippen molar-refractivity contribution in [3.05, 3.63) is 29.8 Å². The molecule has 0 heterocycles. The predicted octanol–water partition coefficient (Wildman–Crippen LogP) is 3.65. The second kappa shape index (κ2) is 5.45. The molecule has 1 aromatic carbocycles. The molecule has 3 rings (SSSR count). The van der Waals surface area contributed by atoms with Crippen LogP contribution in [0.1, 0.15) is 51.5 Å². The minimum Gasteiger partial charge on any atom is -0.426 e. The number of hydrogen-bond donors (Lipinski definition) is 1. The number of esters is 1. The standard InChI is InChI=1S/C18H24O3/c1-3-18(2,20)14-5-4-6-15(11-14)21-17(19)16-10-12-7-8-13(16)9-12/h4-6,11-13,16,20H,3,7-10H2,1-2H3. The highest BCUT2D eigenvalue weighted by molar-refractivity contribution is 5.76. The molecular weight excluding hydrogens is 264 g/mol. The summed E-state index contributed by atoms with van der Waals surface area (Å²) in [6.07, 6.45) is 5.27. The van der Waals surface area contributed by atoms with E-state index in [1.165, 1.54) is 19.3 Å². The molecular formula is C18H24O3. The Balaban J connectivity index is 1.70. The molecule has 3 heteroatoms. The quantitative estimate of drug-likeness (QED) is 0.679. The second-order valence-electron chi connectivity index (χ2n) is 6.86. The van der Waals surface area contributed by atoms with Crippen LogP contribution in [-0.4, -0.2) is 11.1 Å². The van der Waals surface area contributed by atoms with E-state index < -0.39 is 5.60 Å². The molecule has 0 spiro atoms. The molecule has 1 aromatic rings. The summed E-state index contributed by atoms with van der Waals surface area (Å²) in [7, 11) is 0. The van der Waals surface area contributed by atoms with Gasteiger partial charge in [-0.05, 0) is 62.1 Å². The Morgan fingerprint density at radius 1 is 1.38 bits per heavy atom. The molecule has 0 aromatic heterocycles. The molecule has 2 aliphatic rings. The average Bonchev–Trinajstić information content (AvgIpc) is 3.10. The minimum atomic E-state index is -0.880. The third-order valence-electron chi connectivity index (χ3n) is 5.40. The van der Waals surface area contributed by atoms with Crippen molar-refractivity contribution in [1.82, 2.24) is 0 Å². The predicted molar refractivity (Wildman–Crippen MR) is 80.9 cm³/mol. The first-order valence-electron chi connectivity index (χ1n) is 8.04. The van der Waals surface area contributed by atoms with E-state index in [-0.39, 0.29) is 11.9 Å². The fourth-order valence-electron chi connectivity index (χ4n) is 3.82. The van der Waals surface area contributed by atoms with Crippen LogP contribution in [-0.2, 0) is 10.4 Å². The van der Waals surface area contributed by atoms with Crippen LogP contribution in [0.3, 0.4) is 0 Å². The Bertz CT molecular complexity index is 535. The van der Waals surface area contributed by atoms with Crippen LogP contribution in [0, 0.1) is 17.8 Å². The van der Waals surface area contributed by atoms with Crippen molar-refractivity contribution in [3.63, 3.8) is 0 Å². The highest BCUT2D eigenvalue weighted by atomic mass is 16.5.